The minimum absolute atomic E-state index is 0.0462. The number of rotatable bonds is 3. The van der Waals surface area contributed by atoms with E-state index in [-0.39, 0.29) is 17.5 Å². The molecule has 5 nitrogen and oxygen atoms in total. The number of aromatic nitrogens is 2. The van der Waals surface area contributed by atoms with E-state index in [2.05, 4.69) is 14.9 Å². The number of carbonyl (C=O) groups is 1. The third-order valence-corrected chi connectivity index (χ3v) is 5.15. The van der Waals surface area contributed by atoms with E-state index in [1.54, 1.807) is 0 Å². The van der Waals surface area contributed by atoms with Gasteiger partial charge in [-0.1, -0.05) is 0 Å². The first kappa shape index (κ1) is 20.6. The molecule has 1 aliphatic heterocycles. The second kappa shape index (κ2) is 7.39. The zero-order valence-electron chi connectivity index (χ0n) is 16.8. The van der Waals surface area contributed by atoms with Crippen LogP contribution in [-0.4, -0.2) is 40.6 Å². The molecule has 1 saturated heterocycles. The molecule has 0 atom stereocenters. The molecule has 0 bridgehead atoms. The number of hydrogen-bond acceptors (Lipinski definition) is 2. The van der Waals surface area contributed by atoms with Crippen molar-refractivity contribution < 1.29 is 22.9 Å². The van der Waals surface area contributed by atoms with Crippen LogP contribution in [-0.2, 0) is 11.0 Å². The molecule has 154 valence electrons. The number of quaternary nitrogens is 1. The van der Waals surface area contributed by atoms with E-state index >= 15 is 0 Å². The predicted octanol–water partition coefficient (Wildman–Crippen LogP) is 2.50. The quantitative estimate of drug-likeness (QED) is 0.836. The highest BCUT2D eigenvalue weighted by atomic mass is 19.4. The van der Waals surface area contributed by atoms with Gasteiger partial charge in [0.1, 0.15) is 5.82 Å². The van der Waals surface area contributed by atoms with Crippen molar-refractivity contribution in [2.45, 2.75) is 58.3 Å². The van der Waals surface area contributed by atoms with Crippen LogP contribution in [0.2, 0.25) is 0 Å². The number of fused-ring (bicyclic) bond motifs is 1. The molecule has 0 radical (unpaired) electrons. The fourth-order valence-electron chi connectivity index (χ4n) is 3.99. The SMILES string of the molecule is Cc1nc2cc(C(F)(F)F)ccc2n1C1CC[NH+](CC(=O)NC(C)(C)C)CC1. The van der Waals surface area contributed by atoms with Gasteiger partial charge in [-0.25, -0.2) is 4.98 Å². The van der Waals surface area contributed by atoms with Gasteiger partial charge < -0.3 is 14.8 Å². The summed E-state index contributed by atoms with van der Waals surface area (Å²) < 4.78 is 40.9. The van der Waals surface area contributed by atoms with Crippen molar-refractivity contribution in [2.24, 2.45) is 0 Å². The predicted molar refractivity (Wildman–Crippen MR) is 101 cm³/mol. The smallest absolute Gasteiger partial charge is 0.347 e. The number of likely N-dealkylation sites (tertiary alicyclic amines) is 1. The number of nitrogens with zero attached hydrogens (tertiary/aromatic N) is 2. The maximum absolute atomic E-state index is 13.0. The van der Waals surface area contributed by atoms with Gasteiger partial charge in [0, 0.05) is 24.4 Å². The van der Waals surface area contributed by atoms with E-state index < -0.39 is 11.7 Å². The van der Waals surface area contributed by atoms with Crippen LogP contribution in [0.5, 0.6) is 0 Å². The summed E-state index contributed by atoms with van der Waals surface area (Å²) in [4.78, 5) is 17.7. The van der Waals surface area contributed by atoms with Gasteiger partial charge in [0.2, 0.25) is 0 Å². The fourth-order valence-corrected chi connectivity index (χ4v) is 3.99. The summed E-state index contributed by atoms with van der Waals surface area (Å²) in [5.41, 5.74) is 0.210. The molecule has 28 heavy (non-hydrogen) atoms. The van der Waals surface area contributed by atoms with Gasteiger partial charge in [0.15, 0.2) is 6.54 Å². The summed E-state index contributed by atoms with van der Waals surface area (Å²) >= 11 is 0. The number of amides is 1. The summed E-state index contributed by atoms with van der Waals surface area (Å²) in [6.07, 6.45) is -2.63. The minimum Gasteiger partial charge on any atom is -0.347 e. The Morgan fingerprint density at radius 2 is 1.89 bits per heavy atom. The number of hydrogen-bond donors (Lipinski definition) is 2. The molecule has 0 aliphatic carbocycles. The van der Waals surface area contributed by atoms with Gasteiger partial charge in [0.25, 0.3) is 5.91 Å². The first-order chi connectivity index (χ1) is 12.9. The molecular formula is C20H28F3N4O+. The number of nitrogens with one attached hydrogen (secondary N) is 2. The van der Waals surface area contributed by atoms with Crippen LogP contribution in [0.3, 0.4) is 0 Å². The Bertz CT molecular complexity index is 859. The van der Waals surface area contributed by atoms with Crippen LogP contribution in [0.25, 0.3) is 11.0 Å². The normalized spacial score (nSPS) is 21.1. The van der Waals surface area contributed by atoms with Gasteiger partial charge in [-0.2, -0.15) is 13.2 Å². The van der Waals surface area contributed by atoms with Crippen molar-refractivity contribution in [1.82, 2.24) is 14.9 Å². The Balaban J connectivity index is 1.70. The standard InChI is InChI=1S/C20H27F3N4O/c1-13-24-16-11-14(20(21,22)23)5-6-17(16)27(13)15-7-9-26(10-8-15)12-18(28)25-19(2,3)4/h5-6,11,15H,7-10,12H2,1-4H3,(H,25,28)/p+1. The molecule has 8 heteroatoms. The number of aryl methyl sites for hydroxylation is 1. The van der Waals surface area contributed by atoms with Gasteiger partial charge in [-0.05, 0) is 45.9 Å². The van der Waals surface area contributed by atoms with Crippen molar-refractivity contribution >= 4 is 16.9 Å². The number of halogens is 3. The molecule has 1 amide bonds. The number of alkyl halides is 3. The van der Waals surface area contributed by atoms with Crippen LogP contribution in [0, 0.1) is 6.92 Å². The molecule has 1 aromatic carbocycles. The van der Waals surface area contributed by atoms with Gasteiger partial charge in [-0.15, -0.1) is 0 Å². The first-order valence-corrected chi connectivity index (χ1v) is 9.64. The van der Waals surface area contributed by atoms with Crippen molar-refractivity contribution in [2.75, 3.05) is 19.6 Å². The summed E-state index contributed by atoms with van der Waals surface area (Å²) in [7, 11) is 0. The molecule has 1 fully saturated rings. The van der Waals surface area contributed by atoms with E-state index in [0.29, 0.717) is 12.1 Å². The second-order valence-electron chi connectivity index (χ2n) is 8.69. The summed E-state index contributed by atoms with van der Waals surface area (Å²) in [5, 5.41) is 2.99. The monoisotopic (exact) mass is 397 g/mol. The minimum atomic E-state index is -4.37. The summed E-state index contributed by atoms with van der Waals surface area (Å²) in [6, 6.07) is 3.96. The van der Waals surface area contributed by atoms with Crippen LogP contribution in [0.4, 0.5) is 13.2 Å². The zero-order chi connectivity index (χ0) is 20.7. The zero-order valence-corrected chi connectivity index (χ0v) is 16.8. The van der Waals surface area contributed by atoms with Crippen LogP contribution in [0.1, 0.15) is 51.0 Å². The molecular weight excluding hydrogens is 369 g/mol. The van der Waals surface area contributed by atoms with Crippen molar-refractivity contribution in [3.8, 4) is 0 Å². The number of imidazole rings is 1. The van der Waals surface area contributed by atoms with Gasteiger partial charge in [0.05, 0.1) is 29.7 Å². The maximum Gasteiger partial charge on any atom is 0.416 e. The van der Waals surface area contributed by atoms with E-state index in [1.807, 2.05) is 27.7 Å². The highest BCUT2D eigenvalue weighted by Crippen LogP contribution is 2.33. The van der Waals surface area contributed by atoms with E-state index in [9.17, 15) is 18.0 Å². The number of piperidine rings is 1. The lowest BCUT2D eigenvalue weighted by Gasteiger charge is -2.31. The maximum atomic E-state index is 13.0. The lowest BCUT2D eigenvalue weighted by atomic mass is 10.0. The Kier molecular flexibility index (Phi) is 5.44. The average Bonchev–Trinajstić information content (AvgIpc) is 2.88. The van der Waals surface area contributed by atoms with Crippen LogP contribution < -0.4 is 10.2 Å². The number of benzene rings is 1. The highest BCUT2D eigenvalue weighted by Gasteiger charge is 2.32. The molecule has 0 spiro atoms. The average molecular weight is 397 g/mol. The topological polar surface area (TPSA) is 51.4 Å². The Hall–Kier alpha value is -2.09. The molecule has 3 rings (SSSR count). The molecule has 0 saturated carbocycles. The van der Waals surface area contributed by atoms with Gasteiger partial charge >= 0.3 is 6.18 Å². The molecule has 2 N–H and O–H groups in total. The largest absolute Gasteiger partial charge is 0.416 e. The van der Waals surface area contributed by atoms with Crippen molar-refractivity contribution in [3.63, 3.8) is 0 Å². The Morgan fingerprint density at radius 3 is 2.46 bits per heavy atom. The Labute approximate surface area is 162 Å². The molecule has 1 aromatic heterocycles. The third kappa shape index (κ3) is 4.66. The second-order valence-corrected chi connectivity index (χ2v) is 8.69. The lowest BCUT2D eigenvalue weighted by molar-refractivity contribution is -0.897. The van der Waals surface area contributed by atoms with Crippen LogP contribution in [0.15, 0.2) is 18.2 Å². The van der Waals surface area contributed by atoms with E-state index in [0.717, 1.165) is 49.4 Å². The molecule has 0 unspecified atom stereocenters. The third-order valence-electron chi connectivity index (χ3n) is 5.15. The lowest BCUT2D eigenvalue weighted by Crippen LogP contribution is -3.14. The van der Waals surface area contributed by atoms with E-state index in [1.165, 1.54) is 11.0 Å². The van der Waals surface area contributed by atoms with Crippen molar-refractivity contribution in [3.05, 3.63) is 29.6 Å². The van der Waals surface area contributed by atoms with Crippen LogP contribution >= 0.6 is 0 Å². The molecule has 1 aliphatic rings. The van der Waals surface area contributed by atoms with Gasteiger partial charge in [-0.3, -0.25) is 4.79 Å². The molecule has 2 heterocycles. The number of carbonyl (C=O) groups excluding carboxylic acids is 1. The fraction of sp³-hybridized carbons (Fsp3) is 0.600. The van der Waals surface area contributed by atoms with E-state index in [4.69, 9.17) is 0 Å². The molecule has 2 aromatic rings. The highest BCUT2D eigenvalue weighted by molar-refractivity contribution is 5.78. The first-order valence-electron chi connectivity index (χ1n) is 9.64. The summed E-state index contributed by atoms with van der Waals surface area (Å²) in [5.74, 6) is 0.776. The van der Waals surface area contributed by atoms with Crippen molar-refractivity contribution in [1.29, 1.82) is 0 Å². The summed E-state index contributed by atoms with van der Waals surface area (Å²) in [6.45, 7) is 9.87. The Morgan fingerprint density at radius 1 is 1.25 bits per heavy atom.